The summed E-state index contributed by atoms with van der Waals surface area (Å²) in [6.45, 7) is 7.40. The van der Waals surface area contributed by atoms with E-state index in [1.165, 1.54) is 12.1 Å². The molecule has 0 aliphatic rings. The molecule has 5 heteroatoms. The fraction of sp³-hybridized carbons (Fsp3) is 0.500. The number of anilines is 1. The highest BCUT2D eigenvalue weighted by molar-refractivity contribution is 7.89. The molecule has 1 aromatic rings. The second kappa shape index (κ2) is 5.51. The number of hydrogen-bond acceptors (Lipinski definition) is 3. The van der Waals surface area contributed by atoms with Crippen molar-refractivity contribution in [2.24, 2.45) is 17.0 Å². The Bertz CT molecular complexity index is 452. The lowest BCUT2D eigenvalue weighted by Crippen LogP contribution is -2.16. The van der Waals surface area contributed by atoms with Gasteiger partial charge in [0.2, 0.25) is 10.0 Å². The fourth-order valence-corrected chi connectivity index (χ4v) is 1.79. The zero-order valence-corrected chi connectivity index (χ0v) is 11.3. The van der Waals surface area contributed by atoms with Crippen LogP contribution in [0.1, 0.15) is 20.8 Å². The SMILES string of the molecule is CC(C)C(C)CNc1ccc(S(N)(=O)=O)cc1. The predicted octanol–water partition coefficient (Wildman–Crippen LogP) is 2.04. The minimum Gasteiger partial charge on any atom is -0.385 e. The van der Waals surface area contributed by atoms with Crippen LogP contribution in [0.15, 0.2) is 29.2 Å². The van der Waals surface area contributed by atoms with Gasteiger partial charge in [0.05, 0.1) is 4.90 Å². The summed E-state index contributed by atoms with van der Waals surface area (Å²) >= 11 is 0. The maximum Gasteiger partial charge on any atom is 0.238 e. The summed E-state index contributed by atoms with van der Waals surface area (Å²) in [4.78, 5) is 0.139. The largest absolute Gasteiger partial charge is 0.385 e. The van der Waals surface area contributed by atoms with Crippen molar-refractivity contribution in [1.82, 2.24) is 0 Å². The molecule has 0 aromatic heterocycles. The molecule has 0 amide bonds. The molecule has 0 saturated carbocycles. The van der Waals surface area contributed by atoms with E-state index in [-0.39, 0.29) is 4.90 Å². The molecule has 0 bridgehead atoms. The maximum atomic E-state index is 11.1. The Morgan fingerprint density at radius 1 is 1.18 bits per heavy atom. The molecular formula is C12H20N2O2S. The predicted molar refractivity (Wildman–Crippen MR) is 70.3 cm³/mol. The van der Waals surface area contributed by atoms with Gasteiger partial charge in [-0.1, -0.05) is 20.8 Å². The Morgan fingerprint density at radius 2 is 1.71 bits per heavy atom. The molecule has 0 fully saturated rings. The lowest BCUT2D eigenvalue weighted by molar-refractivity contribution is 0.440. The van der Waals surface area contributed by atoms with Crippen LogP contribution in [0.5, 0.6) is 0 Å². The molecule has 96 valence electrons. The minimum absolute atomic E-state index is 0.139. The molecule has 17 heavy (non-hydrogen) atoms. The van der Waals surface area contributed by atoms with E-state index in [1.807, 2.05) is 0 Å². The molecule has 1 atom stereocenters. The van der Waals surface area contributed by atoms with Gasteiger partial charge < -0.3 is 5.32 Å². The van der Waals surface area contributed by atoms with E-state index in [0.29, 0.717) is 11.8 Å². The lowest BCUT2D eigenvalue weighted by atomic mass is 9.98. The van der Waals surface area contributed by atoms with Crippen molar-refractivity contribution in [3.05, 3.63) is 24.3 Å². The smallest absolute Gasteiger partial charge is 0.238 e. The second-order valence-corrected chi connectivity index (χ2v) is 6.23. The van der Waals surface area contributed by atoms with Gasteiger partial charge in [-0.25, -0.2) is 13.6 Å². The molecule has 4 nitrogen and oxygen atoms in total. The quantitative estimate of drug-likeness (QED) is 0.846. The van der Waals surface area contributed by atoms with Crippen molar-refractivity contribution in [2.45, 2.75) is 25.7 Å². The molecule has 0 radical (unpaired) electrons. The van der Waals surface area contributed by atoms with E-state index in [4.69, 9.17) is 5.14 Å². The van der Waals surface area contributed by atoms with Crippen LogP contribution in [0, 0.1) is 11.8 Å². The van der Waals surface area contributed by atoms with Crippen LogP contribution < -0.4 is 10.5 Å². The first-order valence-corrected chi connectivity index (χ1v) is 7.22. The number of hydrogen-bond donors (Lipinski definition) is 2. The van der Waals surface area contributed by atoms with Crippen LogP contribution in [0.4, 0.5) is 5.69 Å². The summed E-state index contributed by atoms with van der Waals surface area (Å²) < 4.78 is 22.1. The summed E-state index contributed by atoms with van der Waals surface area (Å²) in [6.07, 6.45) is 0. The third-order valence-corrected chi connectivity index (χ3v) is 3.88. The Balaban J connectivity index is 2.64. The summed E-state index contributed by atoms with van der Waals surface area (Å²) in [7, 11) is -3.59. The second-order valence-electron chi connectivity index (χ2n) is 4.67. The van der Waals surface area contributed by atoms with Gasteiger partial charge in [0, 0.05) is 12.2 Å². The highest BCUT2D eigenvalue weighted by Gasteiger charge is 2.08. The normalized spacial score (nSPS) is 13.7. The summed E-state index contributed by atoms with van der Waals surface area (Å²) in [5.41, 5.74) is 0.907. The first-order chi connectivity index (χ1) is 7.80. The first-order valence-electron chi connectivity index (χ1n) is 5.67. The zero-order valence-electron chi connectivity index (χ0n) is 10.5. The van der Waals surface area contributed by atoms with Gasteiger partial charge in [-0.15, -0.1) is 0 Å². The van der Waals surface area contributed by atoms with Crippen molar-refractivity contribution in [2.75, 3.05) is 11.9 Å². The number of nitrogens with two attached hydrogens (primary N) is 1. The topological polar surface area (TPSA) is 72.2 Å². The third kappa shape index (κ3) is 4.36. The van der Waals surface area contributed by atoms with Gasteiger partial charge in [-0.2, -0.15) is 0 Å². The molecule has 0 aliphatic carbocycles. The Hall–Kier alpha value is -1.07. The van der Waals surface area contributed by atoms with Gasteiger partial charge in [-0.3, -0.25) is 0 Å². The van der Waals surface area contributed by atoms with Crippen molar-refractivity contribution in [3.8, 4) is 0 Å². The Labute approximate surface area is 103 Å². The highest BCUT2D eigenvalue weighted by Crippen LogP contribution is 2.15. The fourth-order valence-electron chi connectivity index (χ4n) is 1.28. The van der Waals surface area contributed by atoms with Crippen molar-refractivity contribution >= 4 is 15.7 Å². The molecule has 0 aliphatic heterocycles. The summed E-state index contributed by atoms with van der Waals surface area (Å²) in [5, 5.41) is 8.29. The minimum atomic E-state index is -3.59. The van der Waals surface area contributed by atoms with Gasteiger partial charge in [0.15, 0.2) is 0 Å². The zero-order chi connectivity index (χ0) is 13.1. The molecule has 1 rings (SSSR count). The number of primary sulfonamides is 1. The summed E-state index contributed by atoms with van der Waals surface area (Å²) in [5.74, 6) is 1.18. The van der Waals surface area contributed by atoms with E-state index in [0.717, 1.165) is 12.2 Å². The van der Waals surface area contributed by atoms with E-state index < -0.39 is 10.0 Å². The molecule has 1 aromatic carbocycles. The summed E-state index contributed by atoms with van der Waals surface area (Å²) in [6, 6.07) is 6.48. The van der Waals surface area contributed by atoms with Gasteiger partial charge in [0.25, 0.3) is 0 Å². The molecule has 3 N–H and O–H groups in total. The van der Waals surface area contributed by atoms with Gasteiger partial charge in [-0.05, 0) is 36.1 Å². The maximum absolute atomic E-state index is 11.1. The Kier molecular flexibility index (Phi) is 4.54. The number of nitrogens with one attached hydrogen (secondary N) is 1. The van der Waals surface area contributed by atoms with E-state index >= 15 is 0 Å². The number of benzene rings is 1. The molecular weight excluding hydrogens is 236 g/mol. The van der Waals surface area contributed by atoms with Crippen LogP contribution in [0.3, 0.4) is 0 Å². The monoisotopic (exact) mass is 256 g/mol. The number of sulfonamides is 1. The standard InChI is InChI=1S/C12H20N2O2S/c1-9(2)10(3)8-14-11-4-6-12(7-5-11)17(13,15)16/h4-7,9-10,14H,8H2,1-3H3,(H2,13,15,16). The molecule has 0 spiro atoms. The highest BCUT2D eigenvalue weighted by atomic mass is 32.2. The van der Waals surface area contributed by atoms with Crippen LogP contribution in [0.2, 0.25) is 0 Å². The average molecular weight is 256 g/mol. The van der Waals surface area contributed by atoms with Crippen molar-refractivity contribution in [3.63, 3.8) is 0 Å². The van der Waals surface area contributed by atoms with Crippen LogP contribution >= 0.6 is 0 Å². The van der Waals surface area contributed by atoms with Gasteiger partial charge >= 0.3 is 0 Å². The lowest BCUT2D eigenvalue weighted by Gasteiger charge is -2.16. The van der Waals surface area contributed by atoms with E-state index in [2.05, 4.69) is 26.1 Å². The van der Waals surface area contributed by atoms with E-state index in [9.17, 15) is 8.42 Å². The average Bonchev–Trinajstić information content (AvgIpc) is 2.25. The van der Waals surface area contributed by atoms with E-state index in [1.54, 1.807) is 12.1 Å². The van der Waals surface area contributed by atoms with Gasteiger partial charge in [0.1, 0.15) is 0 Å². The molecule has 1 unspecified atom stereocenters. The van der Waals surface area contributed by atoms with Crippen molar-refractivity contribution < 1.29 is 8.42 Å². The van der Waals surface area contributed by atoms with Crippen molar-refractivity contribution in [1.29, 1.82) is 0 Å². The third-order valence-electron chi connectivity index (χ3n) is 2.95. The Morgan fingerprint density at radius 3 is 2.12 bits per heavy atom. The van der Waals surface area contributed by atoms with Crippen LogP contribution in [-0.4, -0.2) is 15.0 Å². The first kappa shape index (κ1) is 14.0. The number of rotatable bonds is 5. The van der Waals surface area contributed by atoms with Crippen LogP contribution in [-0.2, 0) is 10.0 Å². The van der Waals surface area contributed by atoms with Crippen LogP contribution in [0.25, 0.3) is 0 Å². The molecule has 0 heterocycles. The molecule has 0 saturated heterocycles.